The van der Waals surface area contributed by atoms with Crippen LogP contribution in [0.3, 0.4) is 0 Å². The molecule has 62 valence electrons. The molecule has 4 heteroatoms. The Bertz CT molecular complexity index is 353. The number of hydrogen-bond acceptors (Lipinski definition) is 2. The zero-order chi connectivity index (χ0) is 8.55. The largest absolute Gasteiger partial charge is 0.195 e. The van der Waals surface area contributed by atoms with Crippen molar-refractivity contribution in [2.24, 2.45) is 0 Å². The van der Waals surface area contributed by atoms with Gasteiger partial charge in [-0.1, -0.05) is 0 Å². The second kappa shape index (κ2) is 3.28. The smallest absolute Gasteiger partial charge is 0.177 e. The molecule has 0 spiro atoms. The van der Waals surface area contributed by atoms with Crippen molar-refractivity contribution in [3.05, 3.63) is 33.2 Å². The summed E-state index contributed by atoms with van der Waals surface area (Å²) in [6.07, 6.45) is 0. The third-order valence-corrected chi connectivity index (χ3v) is 4.08. The van der Waals surface area contributed by atoms with Crippen LogP contribution in [-0.4, -0.2) is 0 Å². The molecule has 2 aromatic rings. The fraction of sp³-hybridized carbons (Fsp3) is 0. The maximum atomic E-state index is 12.6. The second-order valence-electron chi connectivity index (χ2n) is 2.21. The first kappa shape index (κ1) is 8.41. The maximum Gasteiger partial charge on any atom is 0.177 e. The van der Waals surface area contributed by atoms with Gasteiger partial charge in [0.05, 0.1) is 3.79 Å². The van der Waals surface area contributed by atoms with Gasteiger partial charge in [-0.05, 0) is 40.2 Å². The highest BCUT2D eigenvalue weighted by Crippen LogP contribution is 2.34. The van der Waals surface area contributed by atoms with Crippen LogP contribution < -0.4 is 0 Å². The first-order valence-corrected chi connectivity index (χ1v) is 5.69. The van der Waals surface area contributed by atoms with Crippen molar-refractivity contribution in [2.75, 3.05) is 0 Å². The minimum atomic E-state index is -0.130. The van der Waals surface area contributed by atoms with Crippen LogP contribution in [0.2, 0.25) is 0 Å². The van der Waals surface area contributed by atoms with E-state index in [-0.39, 0.29) is 5.13 Å². The summed E-state index contributed by atoms with van der Waals surface area (Å²) in [6.45, 7) is 0. The normalized spacial score (nSPS) is 10.5. The van der Waals surface area contributed by atoms with Crippen molar-refractivity contribution in [3.8, 4) is 9.75 Å². The van der Waals surface area contributed by atoms with Crippen LogP contribution in [0.25, 0.3) is 9.75 Å². The van der Waals surface area contributed by atoms with Crippen LogP contribution in [0.1, 0.15) is 0 Å². The molecule has 0 saturated heterocycles. The van der Waals surface area contributed by atoms with Gasteiger partial charge in [-0.15, -0.1) is 22.7 Å². The van der Waals surface area contributed by atoms with Gasteiger partial charge in [-0.25, -0.2) is 0 Å². The van der Waals surface area contributed by atoms with E-state index in [4.69, 9.17) is 0 Å². The van der Waals surface area contributed by atoms with E-state index in [1.54, 1.807) is 17.4 Å². The average molecular weight is 263 g/mol. The second-order valence-corrected chi connectivity index (χ2v) is 5.70. The van der Waals surface area contributed by atoms with Gasteiger partial charge in [-0.3, -0.25) is 0 Å². The topological polar surface area (TPSA) is 0 Å². The molecule has 0 bridgehead atoms. The maximum absolute atomic E-state index is 12.6. The Kier molecular flexibility index (Phi) is 2.30. The Morgan fingerprint density at radius 3 is 2.17 bits per heavy atom. The predicted molar refractivity (Wildman–Crippen MR) is 55.3 cm³/mol. The van der Waals surface area contributed by atoms with Crippen molar-refractivity contribution in [2.45, 2.75) is 0 Å². The Morgan fingerprint density at radius 1 is 1.00 bits per heavy atom. The molecule has 0 atom stereocenters. The molecule has 2 heterocycles. The molecule has 0 unspecified atom stereocenters. The third kappa shape index (κ3) is 1.60. The molecule has 0 aliphatic heterocycles. The Morgan fingerprint density at radius 2 is 1.67 bits per heavy atom. The van der Waals surface area contributed by atoms with Gasteiger partial charge in [0.2, 0.25) is 0 Å². The molecular formula is C8H4BrFS2. The van der Waals surface area contributed by atoms with Gasteiger partial charge in [0, 0.05) is 9.75 Å². The lowest BCUT2D eigenvalue weighted by Gasteiger charge is -1.85. The summed E-state index contributed by atoms with van der Waals surface area (Å²) in [6, 6.07) is 7.25. The van der Waals surface area contributed by atoms with Crippen molar-refractivity contribution < 1.29 is 4.39 Å². The van der Waals surface area contributed by atoms with Gasteiger partial charge >= 0.3 is 0 Å². The number of rotatable bonds is 1. The lowest BCUT2D eigenvalue weighted by Crippen LogP contribution is -1.55. The molecule has 0 nitrogen and oxygen atoms in total. The lowest BCUT2D eigenvalue weighted by molar-refractivity contribution is 0.657. The van der Waals surface area contributed by atoms with E-state index < -0.39 is 0 Å². The van der Waals surface area contributed by atoms with E-state index >= 15 is 0 Å². The van der Waals surface area contributed by atoms with Crippen LogP contribution in [0.15, 0.2) is 28.1 Å². The van der Waals surface area contributed by atoms with Crippen molar-refractivity contribution in [3.63, 3.8) is 0 Å². The average Bonchev–Trinajstić information content (AvgIpc) is 2.58. The Labute approximate surface area is 85.8 Å². The molecule has 0 aliphatic carbocycles. The van der Waals surface area contributed by atoms with E-state index in [1.165, 1.54) is 17.4 Å². The monoisotopic (exact) mass is 262 g/mol. The quantitative estimate of drug-likeness (QED) is 0.716. The summed E-state index contributed by atoms with van der Waals surface area (Å²) >= 11 is 6.16. The highest BCUT2D eigenvalue weighted by Gasteiger charge is 2.04. The molecule has 0 N–H and O–H groups in total. The van der Waals surface area contributed by atoms with E-state index in [2.05, 4.69) is 15.9 Å². The van der Waals surface area contributed by atoms with Crippen molar-refractivity contribution in [1.82, 2.24) is 0 Å². The summed E-state index contributed by atoms with van der Waals surface area (Å²) in [5.74, 6) is 0. The van der Waals surface area contributed by atoms with Crippen LogP contribution in [-0.2, 0) is 0 Å². The standard InChI is InChI=1S/C8H4BrFS2/c9-7-3-1-5(11-7)6-2-4-8(10)12-6/h1-4H. The fourth-order valence-corrected chi connectivity index (χ4v) is 3.10. The molecule has 2 rings (SSSR count). The van der Waals surface area contributed by atoms with Gasteiger partial charge < -0.3 is 0 Å². The molecule has 12 heavy (non-hydrogen) atoms. The van der Waals surface area contributed by atoms with Crippen LogP contribution >= 0.6 is 38.6 Å². The summed E-state index contributed by atoms with van der Waals surface area (Å²) in [5, 5.41) is -0.130. The zero-order valence-electron chi connectivity index (χ0n) is 5.88. The number of halogens is 2. The van der Waals surface area contributed by atoms with Crippen molar-refractivity contribution >= 4 is 38.6 Å². The molecule has 0 aliphatic rings. The van der Waals surface area contributed by atoms with Gasteiger partial charge in [0.1, 0.15) is 0 Å². The fourth-order valence-electron chi connectivity index (χ4n) is 0.893. The number of thiophene rings is 2. The molecular weight excluding hydrogens is 259 g/mol. The van der Waals surface area contributed by atoms with E-state index in [0.717, 1.165) is 13.5 Å². The summed E-state index contributed by atoms with van der Waals surface area (Å²) in [5.41, 5.74) is 0. The van der Waals surface area contributed by atoms with E-state index in [0.29, 0.717) is 0 Å². The van der Waals surface area contributed by atoms with Crippen LogP contribution in [0, 0.1) is 5.13 Å². The summed E-state index contributed by atoms with van der Waals surface area (Å²) in [4.78, 5) is 2.10. The first-order valence-electron chi connectivity index (χ1n) is 3.27. The summed E-state index contributed by atoms with van der Waals surface area (Å²) < 4.78 is 13.7. The lowest BCUT2D eigenvalue weighted by atomic mass is 10.4. The first-order chi connectivity index (χ1) is 5.75. The molecule has 2 aromatic heterocycles. The predicted octanol–water partition coefficient (Wildman–Crippen LogP) is 4.38. The third-order valence-electron chi connectivity index (χ3n) is 1.39. The number of hydrogen-bond donors (Lipinski definition) is 0. The molecule has 0 amide bonds. The zero-order valence-corrected chi connectivity index (χ0v) is 9.10. The van der Waals surface area contributed by atoms with Gasteiger partial charge in [0.15, 0.2) is 5.13 Å². The molecule has 0 saturated carbocycles. The van der Waals surface area contributed by atoms with E-state index in [9.17, 15) is 4.39 Å². The SMILES string of the molecule is Fc1ccc(-c2ccc(Br)s2)s1. The van der Waals surface area contributed by atoms with Crippen molar-refractivity contribution in [1.29, 1.82) is 0 Å². The van der Waals surface area contributed by atoms with Crippen LogP contribution in [0.5, 0.6) is 0 Å². The van der Waals surface area contributed by atoms with Crippen LogP contribution in [0.4, 0.5) is 4.39 Å². The Hall–Kier alpha value is -0.190. The summed E-state index contributed by atoms with van der Waals surface area (Å²) in [7, 11) is 0. The minimum Gasteiger partial charge on any atom is -0.195 e. The van der Waals surface area contributed by atoms with Gasteiger partial charge in [-0.2, -0.15) is 4.39 Å². The van der Waals surface area contributed by atoms with E-state index in [1.807, 2.05) is 12.1 Å². The molecule has 0 aromatic carbocycles. The highest BCUT2D eigenvalue weighted by molar-refractivity contribution is 9.11. The van der Waals surface area contributed by atoms with Gasteiger partial charge in [0.25, 0.3) is 0 Å². The minimum absolute atomic E-state index is 0.130. The Balaban J connectivity index is 2.43. The molecule has 0 fully saturated rings. The highest BCUT2D eigenvalue weighted by atomic mass is 79.9. The molecule has 0 radical (unpaired) electrons.